The number of anilines is 2. The molecule has 2 aromatic rings. The van der Waals surface area contributed by atoms with Crippen molar-refractivity contribution in [3.8, 4) is 11.5 Å². The molecule has 2 amide bonds. The van der Waals surface area contributed by atoms with Crippen LogP contribution < -0.4 is 25.0 Å². The number of amides is 2. The fourth-order valence-electron chi connectivity index (χ4n) is 4.04. The van der Waals surface area contributed by atoms with Crippen LogP contribution >= 0.6 is 0 Å². The Morgan fingerprint density at radius 2 is 2.00 bits per heavy atom. The molecule has 0 saturated carbocycles. The summed E-state index contributed by atoms with van der Waals surface area (Å²) in [4.78, 5) is 40.0. The number of likely N-dealkylation sites (N-methyl/N-ethyl adjacent to an activating group) is 1. The molecule has 1 aromatic carbocycles. The quantitative estimate of drug-likeness (QED) is 0.663. The van der Waals surface area contributed by atoms with Crippen LogP contribution in [0.3, 0.4) is 0 Å². The van der Waals surface area contributed by atoms with Crippen molar-refractivity contribution < 1.29 is 19.1 Å². The smallest absolute Gasteiger partial charge is 0.238 e. The van der Waals surface area contributed by atoms with Gasteiger partial charge in [-0.15, -0.1) is 0 Å². The molecular weight excluding hydrogens is 436 g/mol. The van der Waals surface area contributed by atoms with E-state index in [1.807, 2.05) is 18.0 Å². The van der Waals surface area contributed by atoms with Crippen molar-refractivity contribution in [2.45, 2.75) is 38.0 Å². The number of carbonyl (C=O) groups excluding carboxylic acids is 2. The molecule has 0 radical (unpaired) electrons. The van der Waals surface area contributed by atoms with Crippen molar-refractivity contribution in [1.82, 2.24) is 15.3 Å². The summed E-state index contributed by atoms with van der Waals surface area (Å²) in [5.74, 6) is 1.51. The number of nitrogens with one attached hydrogen (secondary N) is 2. The van der Waals surface area contributed by atoms with Gasteiger partial charge in [-0.2, -0.15) is 0 Å². The van der Waals surface area contributed by atoms with Crippen molar-refractivity contribution in [3.05, 3.63) is 30.1 Å². The molecule has 0 spiro atoms. The van der Waals surface area contributed by atoms with Crippen LogP contribution in [0.2, 0.25) is 0 Å². The van der Waals surface area contributed by atoms with Gasteiger partial charge in [-0.25, -0.2) is 9.97 Å². The third-order valence-electron chi connectivity index (χ3n) is 5.90. The van der Waals surface area contributed by atoms with Gasteiger partial charge in [0.25, 0.3) is 0 Å². The highest BCUT2D eigenvalue weighted by Gasteiger charge is 2.34. The molecule has 0 fully saturated rings. The van der Waals surface area contributed by atoms with Gasteiger partial charge in [0.15, 0.2) is 11.5 Å². The van der Waals surface area contributed by atoms with E-state index in [1.54, 1.807) is 25.5 Å². The van der Waals surface area contributed by atoms with Gasteiger partial charge in [0.05, 0.1) is 25.0 Å². The van der Waals surface area contributed by atoms with Crippen molar-refractivity contribution in [2.75, 3.05) is 44.1 Å². The van der Waals surface area contributed by atoms with Gasteiger partial charge >= 0.3 is 0 Å². The molecule has 180 valence electrons. The summed E-state index contributed by atoms with van der Waals surface area (Å²) in [7, 11) is 3.48. The Balaban J connectivity index is 1.64. The average molecular weight is 467 g/mol. The second-order valence-corrected chi connectivity index (χ2v) is 8.32. The van der Waals surface area contributed by atoms with Crippen LogP contribution in [-0.2, 0) is 9.59 Å². The number of ether oxygens (including phenoxy) is 2. The molecule has 1 unspecified atom stereocenters. The number of carbonyl (C=O) groups is 2. The van der Waals surface area contributed by atoms with Gasteiger partial charge in [-0.05, 0) is 25.0 Å². The number of nitrogens with zero attached hydrogens (tertiary/aromatic N) is 4. The summed E-state index contributed by atoms with van der Waals surface area (Å²) in [5.41, 5.74) is 1.32. The Kier molecular flexibility index (Phi) is 7.56. The first-order chi connectivity index (χ1) is 16.6. The lowest BCUT2D eigenvalue weighted by Crippen LogP contribution is -2.33. The maximum atomic E-state index is 12.7. The van der Waals surface area contributed by atoms with Crippen LogP contribution in [0.25, 0.3) is 0 Å². The van der Waals surface area contributed by atoms with Gasteiger partial charge in [-0.1, -0.05) is 12.8 Å². The number of fused-ring (bicyclic) bond motifs is 2. The monoisotopic (exact) mass is 466 g/mol. The number of rotatable bonds is 1. The summed E-state index contributed by atoms with van der Waals surface area (Å²) < 4.78 is 11.4. The molecule has 10 nitrogen and oxygen atoms in total. The van der Waals surface area contributed by atoms with Crippen LogP contribution in [0.15, 0.2) is 29.5 Å². The van der Waals surface area contributed by atoms with Crippen LogP contribution in [-0.4, -0.2) is 61.9 Å². The first-order valence-corrected chi connectivity index (χ1v) is 11.6. The molecule has 2 bridgehead atoms. The van der Waals surface area contributed by atoms with E-state index in [0.29, 0.717) is 60.5 Å². The Hall–Kier alpha value is -3.69. The van der Waals surface area contributed by atoms with Crippen molar-refractivity contribution >= 4 is 35.4 Å². The van der Waals surface area contributed by atoms with Gasteiger partial charge in [-0.3, -0.25) is 14.6 Å². The normalized spacial score (nSPS) is 19.5. The number of hydrogen-bond donors (Lipinski definition) is 2. The zero-order chi connectivity index (χ0) is 23.9. The van der Waals surface area contributed by atoms with Crippen LogP contribution in [0.4, 0.5) is 17.3 Å². The minimum absolute atomic E-state index is 0.0374. The number of hydrogen-bond acceptors (Lipinski definition) is 8. The third kappa shape index (κ3) is 5.44. The fourth-order valence-corrected chi connectivity index (χ4v) is 4.04. The number of aromatic nitrogens is 2. The van der Waals surface area contributed by atoms with Crippen molar-refractivity contribution in [3.63, 3.8) is 0 Å². The molecule has 2 N–H and O–H groups in total. The van der Waals surface area contributed by atoms with E-state index in [4.69, 9.17) is 9.47 Å². The van der Waals surface area contributed by atoms with E-state index >= 15 is 0 Å². The molecule has 0 aliphatic carbocycles. The van der Waals surface area contributed by atoms with Crippen LogP contribution in [0.5, 0.6) is 11.5 Å². The van der Waals surface area contributed by atoms with E-state index in [0.717, 1.165) is 25.7 Å². The van der Waals surface area contributed by atoms with Gasteiger partial charge in [0.2, 0.25) is 11.8 Å². The summed E-state index contributed by atoms with van der Waals surface area (Å²) in [5, 5.41) is 5.77. The first-order valence-electron chi connectivity index (χ1n) is 11.6. The third-order valence-corrected chi connectivity index (χ3v) is 5.90. The Morgan fingerprint density at radius 3 is 2.85 bits per heavy atom. The molecule has 2 aliphatic heterocycles. The van der Waals surface area contributed by atoms with E-state index in [2.05, 4.69) is 25.6 Å². The Labute approximate surface area is 198 Å². The first kappa shape index (κ1) is 23.5. The minimum atomic E-state index is -0.639. The molecule has 0 saturated heterocycles. The highest BCUT2D eigenvalue weighted by atomic mass is 16.5. The van der Waals surface area contributed by atoms with Gasteiger partial charge < -0.3 is 25.0 Å². The maximum Gasteiger partial charge on any atom is 0.238 e. The minimum Gasteiger partial charge on any atom is -0.493 e. The molecule has 34 heavy (non-hydrogen) atoms. The molecule has 10 heteroatoms. The largest absolute Gasteiger partial charge is 0.493 e. The molecule has 1 aromatic heterocycles. The predicted octanol–water partition coefficient (Wildman–Crippen LogP) is 2.82. The average Bonchev–Trinajstić information content (AvgIpc) is 3.16. The van der Waals surface area contributed by atoms with E-state index in [-0.39, 0.29) is 11.8 Å². The Morgan fingerprint density at radius 1 is 1.15 bits per heavy atom. The lowest BCUT2D eigenvalue weighted by molar-refractivity contribution is -0.121. The molecule has 4 rings (SSSR count). The second kappa shape index (κ2) is 11.0. The SMILES string of the molecule is COc1ccc2cc1OCCCCCCC(=O)NCCN(C)c1ncnc3c1C(C=N2)C(=O)N3. The predicted molar refractivity (Wildman–Crippen MR) is 129 cm³/mol. The fraction of sp³-hybridized carbons (Fsp3) is 0.458. The highest BCUT2D eigenvalue weighted by molar-refractivity contribution is 6.13. The van der Waals surface area contributed by atoms with Gasteiger partial charge in [0, 0.05) is 38.8 Å². The summed E-state index contributed by atoms with van der Waals surface area (Å²) in [6.45, 7) is 1.57. The topological polar surface area (TPSA) is 118 Å². The van der Waals surface area contributed by atoms with Crippen molar-refractivity contribution in [1.29, 1.82) is 0 Å². The summed E-state index contributed by atoms with van der Waals surface area (Å²) in [6.07, 6.45) is 7.19. The standard InChI is InChI=1S/C24H30N6O4/c1-30-11-10-25-20(31)7-5-3-4-6-12-34-19-13-16(8-9-18(19)33-2)26-14-17-21-22(29-24(17)32)27-15-28-23(21)30/h8-9,13-15,17H,3-7,10-12H2,1-2H3,(H,25,31)(H,27,28,29,32). The summed E-state index contributed by atoms with van der Waals surface area (Å²) >= 11 is 0. The van der Waals surface area contributed by atoms with Crippen molar-refractivity contribution in [2.24, 2.45) is 4.99 Å². The molecule has 1 atom stereocenters. The van der Waals surface area contributed by atoms with Crippen LogP contribution in [0, 0.1) is 0 Å². The number of methoxy groups -OCH3 is 1. The van der Waals surface area contributed by atoms with Crippen LogP contribution in [0.1, 0.15) is 43.6 Å². The number of benzene rings is 1. The van der Waals surface area contributed by atoms with E-state index in [1.165, 1.54) is 6.33 Å². The maximum absolute atomic E-state index is 12.7. The zero-order valence-corrected chi connectivity index (χ0v) is 19.5. The molecule has 2 aliphatic rings. The molecular formula is C24H30N6O4. The second-order valence-electron chi connectivity index (χ2n) is 8.32. The highest BCUT2D eigenvalue weighted by Crippen LogP contribution is 2.37. The van der Waals surface area contributed by atoms with Gasteiger partial charge in [0.1, 0.15) is 23.9 Å². The lowest BCUT2D eigenvalue weighted by atomic mass is 10.0. The number of aliphatic imine (C=N–C) groups is 1. The van der Waals surface area contributed by atoms with E-state index in [9.17, 15) is 9.59 Å². The summed E-state index contributed by atoms with van der Waals surface area (Å²) in [6, 6.07) is 5.43. The Bertz CT molecular complexity index is 1070. The molecule has 3 heterocycles. The van der Waals surface area contributed by atoms with E-state index < -0.39 is 5.92 Å². The zero-order valence-electron chi connectivity index (χ0n) is 19.5. The lowest BCUT2D eigenvalue weighted by Gasteiger charge is -2.21.